The van der Waals surface area contributed by atoms with Crippen molar-refractivity contribution in [3.63, 3.8) is 0 Å². The van der Waals surface area contributed by atoms with Gasteiger partial charge in [-0.3, -0.25) is 14.6 Å². The fraction of sp³-hybridized carbons (Fsp3) is 0.167. The lowest BCUT2D eigenvalue weighted by Gasteiger charge is -2.11. The molecule has 0 N–H and O–H groups in total. The van der Waals surface area contributed by atoms with Gasteiger partial charge in [0.05, 0.1) is 17.3 Å². The standard InChI is InChI=1S/C18H15Cl2NO3/c1-2-24-18(23)15(11-21-13-7-5-6-12(19)10-13)17(22)14-8-3-4-9-16(14)20/h3-11,15H,2H2,1H3. The smallest absolute Gasteiger partial charge is 0.322 e. The van der Waals surface area contributed by atoms with E-state index >= 15 is 0 Å². The molecule has 0 aromatic heterocycles. The first-order chi connectivity index (χ1) is 11.5. The number of ketones is 1. The molecule has 0 amide bonds. The third kappa shape index (κ3) is 4.66. The lowest BCUT2D eigenvalue weighted by atomic mass is 9.98. The zero-order chi connectivity index (χ0) is 17.5. The number of Topliss-reactive ketones (excluding diaryl/α,β-unsaturated/α-hetero) is 1. The second kappa shape index (κ2) is 8.62. The molecule has 0 fully saturated rings. The summed E-state index contributed by atoms with van der Waals surface area (Å²) in [7, 11) is 0. The van der Waals surface area contributed by atoms with Gasteiger partial charge < -0.3 is 4.74 Å². The number of ether oxygens (including phenoxy) is 1. The summed E-state index contributed by atoms with van der Waals surface area (Å²) in [4.78, 5) is 29.0. The first-order valence-corrected chi connectivity index (χ1v) is 8.03. The second-order valence-electron chi connectivity index (χ2n) is 4.83. The molecule has 0 saturated heterocycles. The highest BCUT2D eigenvalue weighted by atomic mass is 35.5. The Morgan fingerprint density at radius 1 is 1.17 bits per heavy atom. The molecule has 0 aliphatic carbocycles. The molecule has 2 rings (SSSR count). The van der Waals surface area contributed by atoms with E-state index < -0.39 is 17.7 Å². The largest absolute Gasteiger partial charge is 0.465 e. The molecule has 6 heteroatoms. The Bertz CT molecular complexity index is 774. The van der Waals surface area contributed by atoms with Crippen LogP contribution in [0.2, 0.25) is 10.0 Å². The Morgan fingerprint density at radius 3 is 2.58 bits per heavy atom. The number of rotatable bonds is 6. The van der Waals surface area contributed by atoms with Crippen molar-refractivity contribution in [1.82, 2.24) is 0 Å². The van der Waals surface area contributed by atoms with Gasteiger partial charge in [0.15, 0.2) is 11.7 Å². The SMILES string of the molecule is CCOC(=O)C(C=Nc1cccc(Cl)c1)C(=O)c1ccccc1Cl. The highest BCUT2D eigenvalue weighted by Crippen LogP contribution is 2.21. The third-order valence-corrected chi connectivity index (χ3v) is 3.71. The zero-order valence-electron chi connectivity index (χ0n) is 12.9. The molecule has 2 aromatic carbocycles. The molecule has 0 aliphatic rings. The molecule has 0 spiro atoms. The molecular formula is C18H15Cl2NO3. The first kappa shape index (κ1) is 18.2. The number of esters is 1. The van der Waals surface area contributed by atoms with E-state index in [0.29, 0.717) is 10.7 Å². The summed E-state index contributed by atoms with van der Waals surface area (Å²) in [5.41, 5.74) is 0.776. The van der Waals surface area contributed by atoms with Crippen molar-refractivity contribution in [3.8, 4) is 0 Å². The van der Waals surface area contributed by atoms with Gasteiger partial charge in [0, 0.05) is 16.8 Å². The second-order valence-corrected chi connectivity index (χ2v) is 5.68. The third-order valence-electron chi connectivity index (χ3n) is 3.14. The van der Waals surface area contributed by atoms with Gasteiger partial charge >= 0.3 is 5.97 Å². The maximum Gasteiger partial charge on any atom is 0.322 e. The molecule has 1 unspecified atom stereocenters. The number of hydrogen-bond donors (Lipinski definition) is 0. The van der Waals surface area contributed by atoms with Gasteiger partial charge in [-0.1, -0.05) is 41.4 Å². The Kier molecular flexibility index (Phi) is 6.53. The summed E-state index contributed by atoms with van der Waals surface area (Å²) < 4.78 is 4.98. The predicted molar refractivity (Wildman–Crippen MR) is 95.5 cm³/mol. The molecule has 4 nitrogen and oxygen atoms in total. The van der Waals surface area contributed by atoms with E-state index in [0.717, 1.165) is 0 Å². The highest BCUT2D eigenvalue weighted by molar-refractivity contribution is 6.35. The number of nitrogens with zero attached hydrogens (tertiary/aromatic N) is 1. The van der Waals surface area contributed by atoms with Gasteiger partial charge in [-0.2, -0.15) is 0 Å². The molecule has 0 aliphatic heterocycles. The minimum atomic E-state index is -1.18. The zero-order valence-corrected chi connectivity index (χ0v) is 14.4. The van der Waals surface area contributed by atoms with E-state index in [2.05, 4.69) is 4.99 Å². The van der Waals surface area contributed by atoms with Crippen LogP contribution in [-0.4, -0.2) is 24.6 Å². The Morgan fingerprint density at radius 2 is 1.92 bits per heavy atom. The van der Waals surface area contributed by atoms with Crippen molar-refractivity contribution in [2.24, 2.45) is 10.9 Å². The maximum absolute atomic E-state index is 12.7. The van der Waals surface area contributed by atoms with Crippen LogP contribution in [0.5, 0.6) is 0 Å². The van der Waals surface area contributed by atoms with Crippen molar-refractivity contribution in [1.29, 1.82) is 0 Å². The van der Waals surface area contributed by atoms with Crippen LogP contribution < -0.4 is 0 Å². The van der Waals surface area contributed by atoms with Crippen molar-refractivity contribution < 1.29 is 14.3 Å². The summed E-state index contributed by atoms with van der Waals surface area (Å²) in [5.74, 6) is -2.32. The van der Waals surface area contributed by atoms with Crippen LogP contribution in [0, 0.1) is 5.92 Å². The number of hydrogen-bond acceptors (Lipinski definition) is 4. The first-order valence-electron chi connectivity index (χ1n) is 7.28. The molecule has 0 bridgehead atoms. The summed E-state index contributed by atoms with van der Waals surface area (Å²) in [6.45, 7) is 1.83. The Hall–Kier alpha value is -2.17. The van der Waals surface area contributed by atoms with Crippen molar-refractivity contribution in [2.45, 2.75) is 6.92 Å². The van der Waals surface area contributed by atoms with Gasteiger partial charge in [0.2, 0.25) is 0 Å². The molecule has 0 saturated carbocycles. The van der Waals surface area contributed by atoms with Crippen LogP contribution in [-0.2, 0) is 9.53 Å². The van der Waals surface area contributed by atoms with Crippen LogP contribution in [0.1, 0.15) is 17.3 Å². The van der Waals surface area contributed by atoms with Crippen LogP contribution in [0.25, 0.3) is 0 Å². The fourth-order valence-corrected chi connectivity index (χ4v) is 2.43. The van der Waals surface area contributed by atoms with E-state index in [4.69, 9.17) is 27.9 Å². The summed E-state index contributed by atoms with van der Waals surface area (Å²) in [6, 6.07) is 13.3. The lowest BCUT2D eigenvalue weighted by molar-refractivity contribution is -0.143. The molecule has 0 heterocycles. The molecular weight excluding hydrogens is 349 g/mol. The molecule has 2 aromatic rings. The highest BCUT2D eigenvalue weighted by Gasteiger charge is 2.28. The number of aliphatic imine (C=N–C) groups is 1. The molecule has 0 radical (unpaired) electrons. The van der Waals surface area contributed by atoms with Gasteiger partial charge in [-0.05, 0) is 37.3 Å². The molecule has 24 heavy (non-hydrogen) atoms. The quantitative estimate of drug-likeness (QED) is 0.321. The van der Waals surface area contributed by atoms with Crippen molar-refractivity contribution in [2.75, 3.05) is 6.61 Å². The van der Waals surface area contributed by atoms with Gasteiger partial charge in [0.25, 0.3) is 0 Å². The van der Waals surface area contributed by atoms with Gasteiger partial charge in [-0.25, -0.2) is 0 Å². The van der Waals surface area contributed by atoms with Crippen LogP contribution in [0.15, 0.2) is 53.5 Å². The van der Waals surface area contributed by atoms with Crippen LogP contribution >= 0.6 is 23.2 Å². The molecule has 1 atom stereocenters. The van der Waals surface area contributed by atoms with Gasteiger partial charge in [0.1, 0.15) is 0 Å². The van der Waals surface area contributed by atoms with Crippen molar-refractivity contribution in [3.05, 3.63) is 64.1 Å². The minimum absolute atomic E-state index is 0.163. The van der Waals surface area contributed by atoms with E-state index in [1.807, 2.05) is 0 Å². The fourth-order valence-electron chi connectivity index (χ4n) is 2.01. The van der Waals surface area contributed by atoms with E-state index in [9.17, 15) is 9.59 Å². The monoisotopic (exact) mass is 363 g/mol. The van der Waals surface area contributed by atoms with E-state index in [-0.39, 0.29) is 17.2 Å². The number of carbonyl (C=O) groups is 2. The summed E-state index contributed by atoms with van der Waals surface area (Å²) >= 11 is 11.9. The number of benzene rings is 2. The van der Waals surface area contributed by atoms with Crippen LogP contribution in [0.4, 0.5) is 5.69 Å². The average molecular weight is 364 g/mol. The number of carbonyl (C=O) groups excluding carboxylic acids is 2. The topological polar surface area (TPSA) is 55.7 Å². The normalized spacial score (nSPS) is 12.1. The summed E-state index contributed by atoms with van der Waals surface area (Å²) in [5, 5.41) is 0.780. The van der Waals surface area contributed by atoms with Crippen molar-refractivity contribution >= 4 is 46.9 Å². The lowest BCUT2D eigenvalue weighted by Crippen LogP contribution is -2.28. The van der Waals surface area contributed by atoms with Gasteiger partial charge in [-0.15, -0.1) is 0 Å². The van der Waals surface area contributed by atoms with E-state index in [1.165, 1.54) is 6.21 Å². The minimum Gasteiger partial charge on any atom is -0.465 e. The maximum atomic E-state index is 12.7. The van der Waals surface area contributed by atoms with E-state index in [1.54, 1.807) is 55.5 Å². The Labute approximate surface area is 150 Å². The molecule has 124 valence electrons. The average Bonchev–Trinajstić information content (AvgIpc) is 2.55. The number of halogens is 2. The predicted octanol–water partition coefficient (Wildman–Crippen LogP) is 4.76. The Balaban J connectivity index is 2.33. The van der Waals surface area contributed by atoms with Crippen LogP contribution in [0.3, 0.4) is 0 Å². The summed E-state index contributed by atoms with van der Waals surface area (Å²) in [6.07, 6.45) is 1.26.